The van der Waals surface area contributed by atoms with Gasteiger partial charge in [0.05, 0.1) is 17.1 Å². The van der Waals surface area contributed by atoms with Crippen LogP contribution in [0.15, 0.2) is 23.0 Å². The second-order valence-electron chi connectivity index (χ2n) is 4.15. The number of pyridine rings is 1. The van der Waals surface area contributed by atoms with Gasteiger partial charge < -0.3 is 22.3 Å². The van der Waals surface area contributed by atoms with E-state index in [1.54, 1.807) is 6.92 Å². The molecule has 0 aliphatic rings. The molecule has 6 nitrogen and oxygen atoms in total. The number of anilines is 3. The summed E-state index contributed by atoms with van der Waals surface area (Å²) in [6.07, 6.45) is 0. The van der Waals surface area contributed by atoms with Gasteiger partial charge in [-0.15, -0.1) is 0 Å². The highest BCUT2D eigenvalue weighted by molar-refractivity contribution is 5.63. The van der Waals surface area contributed by atoms with E-state index in [2.05, 4.69) is 0 Å². The van der Waals surface area contributed by atoms with E-state index >= 15 is 0 Å². The van der Waals surface area contributed by atoms with Crippen molar-refractivity contribution < 1.29 is 9.50 Å². The van der Waals surface area contributed by atoms with Gasteiger partial charge in [-0.1, -0.05) is 0 Å². The normalized spacial score (nSPS) is 10.6. The first-order chi connectivity index (χ1) is 8.82. The van der Waals surface area contributed by atoms with E-state index in [0.29, 0.717) is 5.56 Å². The Morgan fingerprint density at radius 3 is 2.21 bits per heavy atom. The van der Waals surface area contributed by atoms with Crippen LogP contribution in [0.1, 0.15) is 5.56 Å². The first-order valence-corrected chi connectivity index (χ1v) is 5.39. The van der Waals surface area contributed by atoms with Crippen molar-refractivity contribution in [3.63, 3.8) is 0 Å². The van der Waals surface area contributed by atoms with Gasteiger partial charge in [-0.2, -0.15) is 0 Å². The smallest absolute Gasteiger partial charge is 0.260 e. The summed E-state index contributed by atoms with van der Waals surface area (Å²) in [5, 5.41) is 9.50. The lowest BCUT2D eigenvalue weighted by Gasteiger charge is -2.14. The lowest BCUT2D eigenvalue weighted by Crippen LogP contribution is -2.22. The van der Waals surface area contributed by atoms with Crippen LogP contribution in [-0.4, -0.2) is 9.67 Å². The van der Waals surface area contributed by atoms with Gasteiger partial charge in [-0.3, -0.25) is 9.36 Å². The van der Waals surface area contributed by atoms with Gasteiger partial charge in [0.25, 0.3) is 5.56 Å². The first kappa shape index (κ1) is 12.7. The standard InChI is InChI=1S/C12H13FN4O2/c1-5-9(18)4-10(19)17(12(5)16)6-2-7(14)11(13)8(15)3-6/h2-4,18H,14-16H2,1H3. The fraction of sp³-hybridized carbons (Fsp3) is 0.0833. The van der Waals surface area contributed by atoms with Crippen molar-refractivity contribution in [1.82, 2.24) is 4.57 Å². The molecule has 1 aromatic heterocycles. The zero-order valence-electron chi connectivity index (χ0n) is 10.1. The highest BCUT2D eigenvalue weighted by Crippen LogP contribution is 2.26. The third kappa shape index (κ3) is 1.95. The third-order valence-electron chi connectivity index (χ3n) is 2.86. The maximum absolute atomic E-state index is 13.4. The number of hydrogen-bond acceptors (Lipinski definition) is 5. The van der Waals surface area contributed by atoms with Gasteiger partial charge >= 0.3 is 0 Å². The van der Waals surface area contributed by atoms with Crippen molar-refractivity contribution in [3.8, 4) is 11.4 Å². The summed E-state index contributed by atoms with van der Waals surface area (Å²) >= 11 is 0. The second-order valence-corrected chi connectivity index (χ2v) is 4.15. The molecule has 0 spiro atoms. The zero-order chi connectivity index (χ0) is 14.3. The lowest BCUT2D eigenvalue weighted by atomic mass is 10.2. The largest absolute Gasteiger partial charge is 0.507 e. The summed E-state index contributed by atoms with van der Waals surface area (Å²) in [6.45, 7) is 1.55. The second kappa shape index (κ2) is 4.20. The number of nitrogen functional groups attached to an aromatic ring is 3. The Kier molecular flexibility index (Phi) is 2.82. The van der Waals surface area contributed by atoms with Crippen molar-refractivity contribution in [3.05, 3.63) is 39.9 Å². The summed E-state index contributed by atoms with van der Waals surface area (Å²) in [4.78, 5) is 11.9. The van der Waals surface area contributed by atoms with Gasteiger partial charge in [-0.05, 0) is 19.1 Å². The van der Waals surface area contributed by atoms with Crippen molar-refractivity contribution in [1.29, 1.82) is 0 Å². The summed E-state index contributed by atoms with van der Waals surface area (Å²) in [5.74, 6) is -0.914. The van der Waals surface area contributed by atoms with Crippen LogP contribution in [0.3, 0.4) is 0 Å². The van der Waals surface area contributed by atoms with Gasteiger partial charge in [0, 0.05) is 11.6 Å². The Balaban J connectivity index is 2.80. The van der Waals surface area contributed by atoms with Gasteiger partial charge in [-0.25, -0.2) is 4.39 Å². The Labute approximate surface area is 107 Å². The van der Waals surface area contributed by atoms with E-state index in [4.69, 9.17) is 17.2 Å². The molecule has 7 heteroatoms. The number of nitrogens with two attached hydrogens (primary N) is 3. The minimum Gasteiger partial charge on any atom is -0.507 e. The maximum atomic E-state index is 13.4. The molecule has 0 amide bonds. The summed E-state index contributed by atoms with van der Waals surface area (Å²) < 4.78 is 14.5. The molecule has 7 N–H and O–H groups in total. The molecule has 0 saturated heterocycles. The van der Waals surface area contributed by atoms with Crippen LogP contribution < -0.4 is 22.8 Å². The van der Waals surface area contributed by atoms with Crippen LogP contribution >= 0.6 is 0 Å². The van der Waals surface area contributed by atoms with E-state index in [0.717, 1.165) is 10.6 Å². The van der Waals surface area contributed by atoms with Crippen molar-refractivity contribution in [2.75, 3.05) is 17.2 Å². The molecule has 1 aromatic carbocycles. The minimum absolute atomic E-state index is 0.0374. The fourth-order valence-electron chi connectivity index (χ4n) is 1.76. The molecule has 0 aliphatic heterocycles. The predicted octanol–water partition coefficient (Wildman–Crippen LogP) is 0.737. The van der Waals surface area contributed by atoms with Crippen LogP contribution in [0.2, 0.25) is 0 Å². The number of nitrogens with zero attached hydrogens (tertiary/aromatic N) is 1. The molecule has 0 aliphatic carbocycles. The van der Waals surface area contributed by atoms with Crippen molar-refractivity contribution in [2.45, 2.75) is 6.92 Å². The summed E-state index contributed by atoms with van der Waals surface area (Å²) in [6, 6.07) is 3.52. The van der Waals surface area contributed by atoms with Gasteiger partial charge in [0.1, 0.15) is 11.6 Å². The Hall–Kier alpha value is -2.70. The molecule has 0 bridgehead atoms. The number of aromatic nitrogens is 1. The minimum atomic E-state index is -0.745. The topological polar surface area (TPSA) is 120 Å². The Bertz CT molecular complexity index is 701. The molecule has 0 atom stereocenters. The van der Waals surface area contributed by atoms with Crippen molar-refractivity contribution >= 4 is 17.2 Å². The van der Waals surface area contributed by atoms with E-state index < -0.39 is 11.4 Å². The van der Waals surface area contributed by atoms with Crippen LogP contribution in [0, 0.1) is 12.7 Å². The van der Waals surface area contributed by atoms with Crippen LogP contribution in [0.5, 0.6) is 5.75 Å². The quantitative estimate of drug-likeness (QED) is 0.566. The molecular weight excluding hydrogens is 251 g/mol. The number of benzene rings is 1. The van der Waals surface area contributed by atoms with Crippen molar-refractivity contribution in [2.24, 2.45) is 0 Å². The van der Waals surface area contributed by atoms with Crippen LogP contribution in [0.25, 0.3) is 5.69 Å². The zero-order valence-corrected chi connectivity index (χ0v) is 10.1. The number of aromatic hydroxyl groups is 1. The molecule has 2 rings (SSSR count). The third-order valence-corrected chi connectivity index (χ3v) is 2.86. The van der Waals surface area contributed by atoms with Gasteiger partial charge in [0.2, 0.25) is 0 Å². The highest BCUT2D eigenvalue weighted by atomic mass is 19.1. The SMILES string of the molecule is Cc1c(O)cc(=O)n(-c2cc(N)c(F)c(N)c2)c1N. The first-order valence-electron chi connectivity index (χ1n) is 5.39. The lowest BCUT2D eigenvalue weighted by molar-refractivity contribution is 0.469. The van der Waals surface area contributed by atoms with E-state index in [9.17, 15) is 14.3 Å². The molecule has 0 saturated carbocycles. The number of rotatable bonds is 1. The molecule has 0 fully saturated rings. The molecule has 0 unspecified atom stereocenters. The summed E-state index contributed by atoms with van der Waals surface area (Å²) in [7, 11) is 0. The predicted molar refractivity (Wildman–Crippen MR) is 71.6 cm³/mol. The van der Waals surface area contributed by atoms with Crippen LogP contribution in [0.4, 0.5) is 21.6 Å². The number of halogens is 1. The van der Waals surface area contributed by atoms with E-state index in [1.165, 1.54) is 12.1 Å². The molecule has 2 aromatic rings. The van der Waals surface area contributed by atoms with E-state index in [-0.39, 0.29) is 28.6 Å². The molecule has 1 heterocycles. The monoisotopic (exact) mass is 264 g/mol. The van der Waals surface area contributed by atoms with E-state index in [1.807, 2.05) is 0 Å². The molecule has 0 radical (unpaired) electrons. The maximum Gasteiger partial charge on any atom is 0.260 e. The molecule has 100 valence electrons. The van der Waals surface area contributed by atoms with Gasteiger partial charge in [0.15, 0.2) is 5.82 Å². The average molecular weight is 264 g/mol. The fourth-order valence-corrected chi connectivity index (χ4v) is 1.76. The Morgan fingerprint density at radius 1 is 1.16 bits per heavy atom. The average Bonchev–Trinajstić information content (AvgIpc) is 2.33. The summed E-state index contributed by atoms with van der Waals surface area (Å²) in [5.41, 5.74) is 16.3. The Morgan fingerprint density at radius 2 is 1.68 bits per heavy atom. The van der Waals surface area contributed by atoms with Crippen LogP contribution in [-0.2, 0) is 0 Å². The molecular formula is C12H13FN4O2. The molecule has 19 heavy (non-hydrogen) atoms. The highest BCUT2D eigenvalue weighted by Gasteiger charge is 2.13. The number of hydrogen-bond donors (Lipinski definition) is 4.